The molecule has 2 aromatic heterocycles. The van der Waals surface area contributed by atoms with Crippen LogP contribution in [0.4, 0.5) is 5.82 Å². The molecular weight excluding hydrogens is 388 g/mol. The molecule has 0 bridgehead atoms. The SMILES string of the molecule is C[S+](CCC[C@H](N)C(=O)O)C[C@H]1O[C@@H](n2cnc3c(N)ncnc32)[C@H](O)[C@@H]1O. The Kier molecular flexibility index (Phi) is 6.35. The van der Waals surface area contributed by atoms with Gasteiger partial charge in [0, 0.05) is 0 Å². The van der Waals surface area contributed by atoms with Gasteiger partial charge in [-0.3, -0.25) is 9.36 Å². The molecule has 2 aromatic rings. The third-order valence-corrected chi connectivity index (χ3v) is 6.66. The second-order valence-electron chi connectivity index (χ2n) is 6.87. The van der Waals surface area contributed by atoms with E-state index in [0.29, 0.717) is 29.8 Å². The summed E-state index contributed by atoms with van der Waals surface area (Å²) >= 11 is 0. The van der Waals surface area contributed by atoms with E-state index in [2.05, 4.69) is 15.0 Å². The molecule has 3 heterocycles. The fourth-order valence-corrected chi connectivity index (χ4v) is 4.85. The molecule has 11 nitrogen and oxygen atoms in total. The zero-order valence-corrected chi connectivity index (χ0v) is 16.2. The van der Waals surface area contributed by atoms with Crippen molar-refractivity contribution < 1.29 is 24.9 Å². The summed E-state index contributed by atoms with van der Waals surface area (Å²) in [6.45, 7) is 0. The second-order valence-corrected chi connectivity index (χ2v) is 9.17. The molecule has 0 aromatic carbocycles. The van der Waals surface area contributed by atoms with Gasteiger partial charge in [0.2, 0.25) is 0 Å². The Labute approximate surface area is 164 Å². The van der Waals surface area contributed by atoms with E-state index in [0.717, 1.165) is 5.75 Å². The van der Waals surface area contributed by atoms with E-state index in [1.165, 1.54) is 12.7 Å². The molecule has 1 saturated heterocycles. The number of nitrogens with zero attached hydrogens (tertiary/aromatic N) is 4. The van der Waals surface area contributed by atoms with Crippen molar-refractivity contribution in [2.75, 3.05) is 23.5 Å². The molecule has 0 spiro atoms. The minimum Gasteiger partial charge on any atom is -0.480 e. The third kappa shape index (κ3) is 4.20. The topological polar surface area (TPSA) is 183 Å². The summed E-state index contributed by atoms with van der Waals surface area (Å²) in [6, 6.07) is -0.861. The Bertz CT molecular complexity index is 835. The number of hydrogen-bond donors (Lipinski definition) is 5. The molecule has 1 aliphatic rings. The average Bonchev–Trinajstić information content (AvgIpc) is 3.19. The number of ether oxygens (including phenoxy) is 1. The van der Waals surface area contributed by atoms with Gasteiger partial charge in [-0.25, -0.2) is 15.0 Å². The minimum absolute atomic E-state index is 0.133. The van der Waals surface area contributed by atoms with Gasteiger partial charge in [-0.15, -0.1) is 0 Å². The summed E-state index contributed by atoms with van der Waals surface area (Å²) in [5.41, 5.74) is 12.1. The van der Waals surface area contributed by atoms with Gasteiger partial charge in [0.25, 0.3) is 0 Å². The van der Waals surface area contributed by atoms with Crippen LogP contribution in [0, 0.1) is 0 Å². The van der Waals surface area contributed by atoms with Gasteiger partial charge >= 0.3 is 5.97 Å². The number of aliphatic hydroxyl groups excluding tert-OH is 2. The molecule has 154 valence electrons. The van der Waals surface area contributed by atoms with Crippen LogP contribution in [-0.2, 0) is 20.4 Å². The lowest BCUT2D eigenvalue weighted by molar-refractivity contribution is -0.138. The maximum atomic E-state index is 10.8. The zero-order chi connectivity index (χ0) is 20.4. The lowest BCUT2D eigenvalue weighted by Crippen LogP contribution is -2.36. The number of aliphatic hydroxyl groups is 2. The van der Waals surface area contributed by atoms with Crippen molar-refractivity contribution >= 4 is 33.8 Å². The largest absolute Gasteiger partial charge is 0.480 e. The molecule has 7 N–H and O–H groups in total. The standard InChI is InChI=1S/C16H24N6O5S/c1-28(4-2-3-8(17)16(25)26)5-9-11(23)12(24)15(27-9)22-7-21-10-13(18)19-6-20-14(10)22/h6-9,11-12,15,23-24H,2-5,17H2,1H3,(H2-,18,19,20,25,26)/p+1/t8-,9+,11+,12+,15+,28?/m0/s1. The Hall–Kier alpha value is -1.99. The van der Waals surface area contributed by atoms with Crippen molar-refractivity contribution in [3.05, 3.63) is 12.7 Å². The van der Waals surface area contributed by atoms with E-state index < -0.39 is 36.6 Å². The summed E-state index contributed by atoms with van der Waals surface area (Å²) in [4.78, 5) is 23.0. The number of imidazole rings is 1. The lowest BCUT2D eigenvalue weighted by Gasteiger charge is -2.16. The van der Waals surface area contributed by atoms with Crippen molar-refractivity contribution in [3.8, 4) is 0 Å². The van der Waals surface area contributed by atoms with Crippen LogP contribution in [0.25, 0.3) is 11.2 Å². The number of nitrogens with two attached hydrogens (primary N) is 2. The summed E-state index contributed by atoms with van der Waals surface area (Å²) in [7, 11) is -0.133. The van der Waals surface area contributed by atoms with Crippen LogP contribution in [0.15, 0.2) is 12.7 Å². The molecule has 0 aliphatic carbocycles. The van der Waals surface area contributed by atoms with Gasteiger partial charge in [-0.05, 0) is 23.7 Å². The van der Waals surface area contributed by atoms with Crippen LogP contribution in [0.3, 0.4) is 0 Å². The number of carboxylic acid groups (broad SMARTS) is 1. The molecule has 12 heteroatoms. The summed E-state index contributed by atoms with van der Waals surface area (Å²) in [5, 5.41) is 29.7. The van der Waals surface area contributed by atoms with Crippen LogP contribution in [0.2, 0.25) is 0 Å². The van der Waals surface area contributed by atoms with E-state index in [-0.39, 0.29) is 16.7 Å². The number of nitrogen functional groups attached to an aromatic ring is 1. The van der Waals surface area contributed by atoms with Crippen LogP contribution in [-0.4, -0.2) is 82.9 Å². The number of rotatable bonds is 8. The normalized spacial score (nSPS) is 27.1. The first-order chi connectivity index (χ1) is 13.3. The zero-order valence-electron chi connectivity index (χ0n) is 15.4. The number of fused-ring (bicyclic) bond motifs is 1. The van der Waals surface area contributed by atoms with E-state index in [9.17, 15) is 15.0 Å². The smallest absolute Gasteiger partial charge is 0.320 e. The first-order valence-corrected chi connectivity index (χ1v) is 10.8. The molecule has 0 radical (unpaired) electrons. The monoisotopic (exact) mass is 413 g/mol. The van der Waals surface area contributed by atoms with Gasteiger partial charge in [0.05, 0.1) is 12.6 Å². The number of carbonyl (C=O) groups is 1. The lowest BCUT2D eigenvalue weighted by atomic mass is 10.1. The highest BCUT2D eigenvalue weighted by molar-refractivity contribution is 7.96. The first kappa shape index (κ1) is 20.7. The fourth-order valence-electron chi connectivity index (χ4n) is 3.19. The van der Waals surface area contributed by atoms with E-state index >= 15 is 0 Å². The third-order valence-electron chi connectivity index (χ3n) is 4.77. The first-order valence-electron chi connectivity index (χ1n) is 8.81. The number of anilines is 1. The average molecular weight is 413 g/mol. The van der Waals surface area contributed by atoms with Crippen molar-refractivity contribution in [3.63, 3.8) is 0 Å². The fraction of sp³-hybridized carbons (Fsp3) is 0.625. The molecular formula is C16H25N6O5S+. The molecule has 0 amide bonds. The van der Waals surface area contributed by atoms with Crippen molar-refractivity contribution in [2.45, 2.75) is 43.4 Å². The Morgan fingerprint density at radius 1 is 1.36 bits per heavy atom. The van der Waals surface area contributed by atoms with Crippen molar-refractivity contribution in [1.29, 1.82) is 0 Å². The van der Waals surface area contributed by atoms with Crippen LogP contribution in [0.1, 0.15) is 19.1 Å². The van der Waals surface area contributed by atoms with Crippen molar-refractivity contribution in [1.82, 2.24) is 19.5 Å². The van der Waals surface area contributed by atoms with Crippen LogP contribution >= 0.6 is 0 Å². The van der Waals surface area contributed by atoms with E-state index in [1.807, 2.05) is 6.26 Å². The molecule has 28 heavy (non-hydrogen) atoms. The quantitative estimate of drug-likeness (QED) is 0.318. The molecule has 1 unspecified atom stereocenters. The summed E-state index contributed by atoms with van der Waals surface area (Å²) in [6.07, 6.45) is 2.25. The van der Waals surface area contributed by atoms with E-state index in [4.69, 9.17) is 21.3 Å². The Morgan fingerprint density at radius 2 is 2.11 bits per heavy atom. The summed E-state index contributed by atoms with van der Waals surface area (Å²) in [5.74, 6) is 0.531. The molecule has 1 aliphatic heterocycles. The highest BCUT2D eigenvalue weighted by atomic mass is 32.2. The predicted molar refractivity (Wildman–Crippen MR) is 104 cm³/mol. The molecule has 6 atom stereocenters. The minimum atomic E-state index is -1.14. The van der Waals surface area contributed by atoms with Crippen LogP contribution < -0.4 is 11.5 Å². The molecule has 0 saturated carbocycles. The van der Waals surface area contributed by atoms with Crippen molar-refractivity contribution in [2.24, 2.45) is 5.73 Å². The van der Waals surface area contributed by atoms with Crippen LogP contribution in [0.5, 0.6) is 0 Å². The highest BCUT2D eigenvalue weighted by Crippen LogP contribution is 2.32. The van der Waals surface area contributed by atoms with Gasteiger partial charge in [-0.2, -0.15) is 0 Å². The molecule has 3 rings (SSSR count). The number of aliphatic carboxylic acids is 1. The van der Waals surface area contributed by atoms with Gasteiger partial charge in [-0.1, -0.05) is 0 Å². The van der Waals surface area contributed by atoms with Gasteiger partial charge < -0.3 is 31.5 Å². The number of hydrogen-bond acceptors (Lipinski definition) is 9. The second kappa shape index (κ2) is 8.57. The Morgan fingerprint density at radius 3 is 2.82 bits per heavy atom. The summed E-state index contributed by atoms with van der Waals surface area (Å²) < 4.78 is 7.47. The predicted octanol–water partition coefficient (Wildman–Crippen LogP) is -1.53. The van der Waals surface area contributed by atoms with E-state index in [1.54, 1.807) is 4.57 Å². The van der Waals surface area contributed by atoms with Gasteiger partial charge in [0.1, 0.15) is 47.7 Å². The maximum absolute atomic E-state index is 10.8. The molecule has 1 fully saturated rings. The number of aromatic nitrogens is 4. The number of carboxylic acids is 1. The van der Waals surface area contributed by atoms with Gasteiger partial charge in [0.15, 0.2) is 17.7 Å². The highest BCUT2D eigenvalue weighted by Gasteiger charge is 2.46. The Balaban J connectivity index is 1.62. The maximum Gasteiger partial charge on any atom is 0.320 e.